The highest BCUT2D eigenvalue weighted by molar-refractivity contribution is 7.81. The lowest BCUT2D eigenvalue weighted by Gasteiger charge is -2.29. The van der Waals surface area contributed by atoms with Crippen LogP contribution in [0.3, 0.4) is 0 Å². The summed E-state index contributed by atoms with van der Waals surface area (Å²) in [5, 5.41) is 1.10. The SMILES string of the molecule is CCCc1nc(N2CCC(C)CC2)sc1C(N)=S. The highest BCUT2D eigenvalue weighted by Crippen LogP contribution is 2.30. The van der Waals surface area contributed by atoms with Gasteiger partial charge in [0.2, 0.25) is 0 Å². The van der Waals surface area contributed by atoms with Gasteiger partial charge in [0.1, 0.15) is 4.99 Å². The molecule has 0 aromatic carbocycles. The quantitative estimate of drug-likeness (QED) is 0.863. The number of aryl methyl sites for hydroxylation is 1. The summed E-state index contributed by atoms with van der Waals surface area (Å²) in [7, 11) is 0. The number of aromatic nitrogens is 1. The van der Waals surface area contributed by atoms with E-state index in [1.165, 1.54) is 12.8 Å². The van der Waals surface area contributed by atoms with E-state index in [0.717, 1.165) is 47.6 Å². The van der Waals surface area contributed by atoms with Crippen molar-refractivity contribution in [3.8, 4) is 0 Å². The zero-order valence-electron chi connectivity index (χ0n) is 11.1. The Morgan fingerprint density at radius 2 is 2.17 bits per heavy atom. The standard InChI is InChI=1S/C13H21N3S2/c1-3-4-10-11(12(14)17)18-13(15-10)16-7-5-9(2)6-8-16/h9H,3-8H2,1-2H3,(H2,14,17). The summed E-state index contributed by atoms with van der Waals surface area (Å²) in [5.74, 6) is 0.839. The summed E-state index contributed by atoms with van der Waals surface area (Å²) in [6.45, 7) is 6.70. The van der Waals surface area contributed by atoms with Crippen LogP contribution < -0.4 is 10.6 Å². The second kappa shape index (κ2) is 5.97. The van der Waals surface area contributed by atoms with Crippen LogP contribution in [-0.4, -0.2) is 23.1 Å². The van der Waals surface area contributed by atoms with Gasteiger partial charge in [0.15, 0.2) is 5.13 Å². The topological polar surface area (TPSA) is 42.2 Å². The molecule has 1 fully saturated rings. The third-order valence-electron chi connectivity index (χ3n) is 3.45. The Hall–Kier alpha value is -0.680. The van der Waals surface area contributed by atoms with Crippen molar-refractivity contribution in [2.75, 3.05) is 18.0 Å². The number of anilines is 1. The molecule has 100 valence electrons. The first-order valence-electron chi connectivity index (χ1n) is 6.66. The number of thiocarbonyl (C=S) groups is 1. The van der Waals surface area contributed by atoms with E-state index in [0.29, 0.717) is 4.99 Å². The van der Waals surface area contributed by atoms with E-state index in [-0.39, 0.29) is 0 Å². The molecule has 0 spiro atoms. The lowest BCUT2D eigenvalue weighted by molar-refractivity contribution is 0.438. The third kappa shape index (κ3) is 3.01. The number of thiazole rings is 1. The van der Waals surface area contributed by atoms with Crippen molar-refractivity contribution in [1.82, 2.24) is 4.98 Å². The fraction of sp³-hybridized carbons (Fsp3) is 0.692. The molecule has 0 radical (unpaired) electrons. The van der Waals surface area contributed by atoms with Gasteiger partial charge in [0, 0.05) is 13.1 Å². The van der Waals surface area contributed by atoms with Gasteiger partial charge in [-0.25, -0.2) is 4.98 Å². The Kier molecular flexibility index (Phi) is 4.56. The lowest BCUT2D eigenvalue weighted by Crippen LogP contribution is -2.32. The molecule has 0 amide bonds. The number of rotatable bonds is 4. The van der Waals surface area contributed by atoms with E-state index in [1.54, 1.807) is 11.3 Å². The van der Waals surface area contributed by atoms with Crippen molar-refractivity contribution in [2.24, 2.45) is 11.7 Å². The zero-order valence-corrected chi connectivity index (χ0v) is 12.7. The van der Waals surface area contributed by atoms with Gasteiger partial charge < -0.3 is 10.6 Å². The maximum Gasteiger partial charge on any atom is 0.186 e. The smallest absolute Gasteiger partial charge is 0.186 e. The van der Waals surface area contributed by atoms with Crippen molar-refractivity contribution in [2.45, 2.75) is 39.5 Å². The van der Waals surface area contributed by atoms with Crippen molar-refractivity contribution < 1.29 is 0 Å². The predicted octanol–water partition coefficient (Wildman–Crippen LogP) is 2.97. The maximum absolute atomic E-state index is 5.79. The maximum atomic E-state index is 5.79. The molecule has 0 atom stereocenters. The van der Waals surface area contributed by atoms with Crippen LogP contribution in [0.1, 0.15) is 43.7 Å². The van der Waals surface area contributed by atoms with Crippen LogP contribution in [0.2, 0.25) is 0 Å². The van der Waals surface area contributed by atoms with E-state index in [2.05, 4.69) is 18.7 Å². The molecule has 1 saturated heterocycles. The first-order valence-corrected chi connectivity index (χ1v) is 7.88. The minimum absolute atomic E-state index is 0.493. The van der Waals surface area contributed by atoms with Crippen molar-refractivity contribution >= 4 is 33.7 Å². The monoisotopic (exact) mass is 283 g/mol. The molecular weight excluding hydrogens is 262 g/mol. The van der Waals surface area contributed by atoms with Crippen LogP contribution >= 0.6 is 23.6 Å². The summed E-state index contributed by atoms with van der Waals surface area (Å²) >= 11 is 6.79. The number of piperidine rings is 1. The van der Waals surface area contributed by atoms with Gasteiger partial charge >= 0.3 is 0 Å². The van der Waals surface area contributed by atoms with Crippen LogP contribution in [-0.2, 0) is 6.42 Å². The van der Waals surface area contributed by atoms with Crippen LogP contribution in [0.15, 0.2) is 0 Å². The average molecular weight is 283 g/mol. The van der Waals surface area contributed by atoms with Gasteiger partial charge in [-0.15, -0.1) is 0 Å². The highest BCUT2D eigenvalue weighted by atomic mass is 32.1. The fourth-order valence-electron chi connectivity index (χ4n) is 2.27. The summed E-state index contributed by atoms with van der Waals surface area (Å²) in [4.78, 5) is 8.63. The van der Waals surface area contributed by atoms with Gasteiger partial charge in [0.05, 0.1) is 10.6 Å². The normalized spacial score (nSPS) is 17.1. The molecule has 0 unspecified atom stereocenters. The largest absolute Gasteiger partial charge is 0.389 e. The summed E-state index contributed by atoms with van der Waals surface area (Å²) < 4.78 is 0. The Morgan fingerprint density at radius 1 is 1.50 bits per heavy atom. The van der Waals surface area contributed by atoms with E-state index < -0.39 is 0 Å². The molecule has 18 heavy (non-hydrogen) atoms. The van der Waals surface area contributed by atoms with Crippen molar-refractivity contribution in [3.05, 3.63) is 10.6 Å². The first kappa shape index (κ1) is 13.7. The molecule has 1 aromatic heterocycles. The molecule has 3 nitrogen and oxygen atoms in total. The summed E-state index contributed by atoms with van der Waals surface area (Å²) in [6.07, 6.45) is 4.55. The number of hydrogen-bond acceptors (Lipinski definition) is 4. The second-order valence-corrected chi connectivity index (χ2v) is 6.47. The first-order chi connectivity index (χ1) is 8.61. The van der Waals surface area contributed by atoms with Gasteiger partial charge in [-0.1, -0.05) is 43.8 Å². The number of hydrogen-bond donors (Lipinski definition) is 1. The van der Waals surface area contributed by atoms with Crippen LogP contribution in [0, 0.1) is 5.92 Å². The van der Waals surface area contributed by atoms with Crippen LogP contribution in [0.5, 0.6) is 0 Å². The molecule has 2 rings (SSSR count). The van der Waals surface area contributed by atoms with E-state index >= 15 is 0 Å². The fourth-order valence-corrected chi connectivity index (χ4v) is 3.53. The van der Waals surface area contributed by atoms with Crippen molar-refractivity contribution in [1.29, 1.82) is 0 Å². The highest BCUT2D eigenvalue weighted by Gasteiger charge is 2.21. The molecule has 0 aliphatic carbocycles. The Bertz CT molecular complexity index is 420. The molecule has 0 saturated carbocycles. The van der Waals surface area contributed by atoms with Crippen LogP contribution in [0.4, 0.5) is 5.13 Å². The minimum atomic E-state index is 0.493. The van der Waals surface area contributed by atoms with Gasteiger partial charge in [-0.05, 0) is 25.2 Å². The van der Waals surface area contributed by atoms with Gasteiger partial charge in [-0.2, -0.15) is 0 Å². The van der Waals surface area contributed by atoms with Gasteiger partial charge in [0.25, 0.3) is 0 Å². The average Bonchev–Trinajstić information content (AvgIpc) is 2.75. The van der Waals surface area contributed by atoms with E-state index in [4.69, 9.17) is 22.9 Å². The minimum Gasteiger partial charge on any atom is -0.389 e. The molecule has 2 N–H and O–H groups in total. The molecule has 2 heterocycles. The number of nitrogens with two attached hydrogens (primary N) is 1. The Balaban J connectivity index is 2.18. The van der Waals surface area contributed by atoms with E-state index in [9.17, 15) is 0 Å². The molecular formula is C13H21N3S2. The Morgan fingerprint density at radius 3 is 2.72 bits per heavy atom. The van der Waals surface area contributed by atoms with Gasteiger partial charge in [-0.3, -0.25) is 0 Å². The second-order valence-electron chi connectivity index (χ2n) is 5.06. The zero-order chi connectivity index (χ0) is 13.1. The van der Waals surface area contributed by atoms with Crippen LogP contribution in [0.25, 0.3) is 0 Å². The van der Waals surface area contributed by atoms with Crippen molar-refractivity contribution in [3.63, 3.8) is 0 Å². The molecule has 1 aliphatic heterocycles. The number of nitrogens with zero attached hydrogens (tertiary/aromatic N) is 2. The molecule has 1 aromatic rings. The van der Waals surface area contributed by atoms with E-state index in [1.807, 2.05) is 0 Å². The predicted molar refractivity (Wildman–Crippen MR) is 82.6 cm³/mol. The lowest BCUT2D eigenvalue weighted by atomic mass is 10.00. The Labute approximate surface area is 118 Å². The molecule has 0 bridgehead atoms. The summed E-state index contributed by atoms with van der Waals surface area (Å²) in [5.41, 5.74) is 6.88. The third-order valence-corrected chi connectivity index (χ3v) is 4.98. The summed E-state index contributed by atoms with van der Waals surface area (Å²) in [6, 6.07) is 0. The molecule has 5 heteroatoms. The molecule has 1 aliphatic rings.